The summed E-state index contributed by atoms with van der Waals surface area (Å²) in [6.07, 6.45) is 5.80. The molecule has 0 heterocycles. The first-order valence-corrected chi connectivity index (χ1v) is 9.43. The van der Waals surface area contributed by atoms with Crippen LogP contribution >= 0.6 is 15.9 Å². The van der Waals surface area contributed by atoms with Gasteiger partial charge in [-0.1, -0.05) is 52.4 Å². The molecule has 3 nitrogen and oxygen atoms in total. The first kappa shape index (κ1) is 21.1. The molecule has 2 aromatic carbocycles. The summed E-state index contributed by atoms with van der Waals surface area (Å²) in [5.74, 6) is -0.339. The molecule has 0 aliphatic carbocycles. The molecule has 0 unspecified atom stereocenters. The summed E-state index contributed by atoms with van der Waals surface area (Å²) >= 11 is 3.34. The smallest absolute Gasteiger partial charge is 0.167 e. The maximum absolute atomic E-state index is 14.2. The second-order valence-electron chi connectivity index (χ2n) is 6.16. The van der Waals surface area contributed by atoms with Crippen molar-refractivity contribution in [2.75, 3.05) is 26.7 Å². The van der Waals surface area contributed by atoms with Crippen LogP contribution in [0.5, 0.6) is 5.75 Å². The van der Waals surface area contributed by atoms with Gasteiger partial charge < -0.3 is 4.74 Å². The summed E-state index contributed by atoms with van der Waals surface area (Å²) < 4.78 is 20.6. The molecule has 27 heavy (non-hydrogen) atoms. The summed E-state index contributed by atoms with van der Waals surface area (Å²) in [4.78, 5) is 14.4. The van der Waals surface area contributed by atoms with Crippen molar-refractivity contribution >= 4 is 21.7 Å². The van der Waals surface area contributed by atoms with E-state index >= 15 is 0 Å². The third-order valence-electron chi connectivity index (χ3n) is 3.89. The Morgan fingerprint density at radius 3 is 2.59 bits per heavy atom. The van der Waals surface area contributed by atoms with Gasteiger partial charge >= 0.3 is 0 Å². The van der Waals surface area contributed by atoms with Crippen LogP contribution in [0.3, 0.4) is 0 Å². The van der Waals surface area contributed by atoms with Gasteiger partial charge in [0.15, 0.2) is 17.3 Å². The number of hydrogen-bond acceptors (Lipinski definition) is 3. The Morgan fingerprint density at radius 2 is 1.93 bits per heavy atom. The van der Waals surface area contributed by atoms with Gasteiger partial charge in [0.25, 0.3) is 0 Å². The van der Waals surface area contributed by atoms with Crippen LogP contribution in [0.15, 0.2) is 71.7 Å². The Balaban J connectivity index is 1.87. The number of carbonyl (C=O) groups excluding carboxylic acids is 1. The van der Waals surface area contributed by atoms with Crippen molar-refractivity contribution in [2.24, 2.45) is 0 Å². The van der Waals surface area contributed by atoms with E-state index in [2.05, 4.69) is 27.4 Å². The maximum Gasteiger partial charge on any atom is 0.167 e. The van der Waals surface area contributed by atoms with Gasteiger partial charge in [0.1, 0.15) is 6.61 Å². The Morgan fingerprint density at radius 1 is 1.19 bits per heavy atom. The molecule has 5 heteroatoms. The molecule has 0 bridgehead atoms. The van der Waals surface area contributed by atoms with E-state index in [-0.39, 0.29) is 24.6 Å². The van der Waals surface area contributed by atoms with Crippen LogP contribution in [0.2, 0.25) is 0 Å². The van der Waals surface area contributed by atoms with E-state index in [4.69, 9.17) is 4.74 Å². The first-order chi connectivity index (χ1) is 13.0. The van der Waals surface area contributed by atoms with Gasteiger partial charge in [-0.05, 0) is 36.9 Å². The number of likely N-dealkylation sites (N-methyl/N-ethyl adjacent to an activating group) is 1. The van der Waals surface area contributed by atoms with Crippen molar-refractivity contribution in [3.63, 3.8) is 0 Å². The fourth-order valence-electron chi connectivity index (χ4n) is 2.45. The van der Waals surface area contributed by atoms with E-state index in [1.807, 2.05) is 37.4 Å². The summed E-state index contributed by atoms with van der Waals surface area (Å²) in [5, 5.41) is 0. The highest BCUT2D eigenvalue weighted by Crippen LogP contribution is 2.20. The van der Waals surface area contributed by atoms with Crippen LogP contribution in [-0.4, -0.2) is 37.4 Å². The Bertz CT molecular complexity index is 802. The predicted molar refractivity (Wildman–Crippen MR) is 111 cm³/mol. The van der Waals surface area contributed by atoms with E-state index in [1.165, 1.54) is 6.07 Å². The highest BCUT2D eigenvalue weighted by Gasteiger charge is 2.10. The van der Waals surface area contributed by atoms with E-state index in [9.17, 15) is 9.18 Å². The van der Waals surface area contributed by atoms with Gasteiger partial charge in [-0.25, -0.2) is 4.39 Å². The number of hydrogen-bond donors (Lipinski definition) is 0. The highest BCUT2D eigenvalue weighted by atomic mass is 79.9. The minimum atomic E-state index is -0.465. The van der Waals surface area contributed by atoms with Crippen LogP contribution in [0.4, 0.5) is 4.39 Å². The van der Waals surface area contributed by atoms with Crippen LogP contribution in [0.1, 0.15) is 15.9 Å². The van der Waals surface area contributed by atoms with Crippen molar-refractivity contribution < 1.29 is 13.9 Å². The summed E-state index contributed by atoms with van der Waals surface area (Å²) in [6.45, 7) is 5.55. The third-order valence-corrected chi connectivity index (χ3v) is 4.42. The van der Waals surface area contributed by atoms with Gasteiger partial charge in [0.2, 0.25) is 0 Å². The summed E-state index contributed by atoms with van der Waals surface area (Å²) in [7, 11) is 1.99. The van der Waals surface area contributed by atoms with Crippen molar-refractivity contribution in [3.05, 3.63) is 88.7 Å². The third kappa shape index (κ3) is 7.12. The second kappa shape index (κ2) is 10.8. The predicted octanol–water partition coefficient (Wildman–Crippen LogP) is 5.07. The van der Waals surface area contributed by atoms with Gasteiger partial charge in [-0.15, -0.1) is 6.58 Å². The second-order valence-corrected chi connectivity index (χ2v) is 7.08. The molecule has 0 atom stereocenters. The van der Waals surface area contributed by atoms with Gasteiger partial charge in [0.05, 0.1) is 0 Å². The van der Waals surface area contributed by atoms with E-state index in [0.29, 0.717) is 11.1 Å². The van der Waals surface area contributed by atoms with Crippen molar-refractivity contribution in [3.8, 4) is 5.75 Å². The standard InChI is InChI=1S/C22H23BrFNO2/c1-3-12-25(2)13-4-5-14-27-22-11-6-17(15-20(22)24)16-21(26)18-7-9-19(23)10-8-18/h3-11,15H,1,12-14,16H2,2H3/b5-4+. The number of halogens is 2. The lowest BCUT2D eigenvalue weighted by molar-refractivity contribution is 0.0993. The van der Waals surface area contributed by atoms with Crippen molar-refractivity contribution in [2.45, 2.75) is 6.42 Å². The van der Waals surface area contributed by atoms with Crippen molar-refractivity contribution in [1.82, 2.24) is 4.90 Å². The monoisotopic (exact) mass is 431 g/mol. The molecule has 0 aliphatic heterocycles. The molecule has 0 radical (unpaired) electrons. The summed E-state index contributed by atoms with van der Waals surface area (Å²) in [5.41, 5.74) is 1.22. The van der Waals surface area contributed by atoms with Crippen LogP contribution < -0.4 is 4.74 Å². The van der Waals surface area contributed by atoms with E-state index in [0.717, 1.165) is 17.6 Å². The quantitative estimate of drug-likeness (QED) is 0.388. The normalized spacial score (nSPS) is 11.1. The Labute approximate surface area is 168 Å². The fourth-order valence-corrected chi connectivity index (χ4v) is 2.71. The van der Waals surface area contributed by atoms with Gasteiger partial charge in [-0.3, -0.25) is 9.69 Å². The first-order valence-electron chi connectivity index (χ1n) is 8.64. The zero-order chi connectivity index (χ0) is 19.6. The minimum absolute atomic E-state index is 0.0536. The molecule has 0 aliphatic rings. The number of nitrogens with zero attached hydrogens (tertiary/aromatic N) is 1. The SMILES string of the molecule is C=CCN(C)C/C=C/COc1ccc(CC(=O)c2ccc(Br)cc2)cc1F. The van der Waals surface area contributed by atoms with E-state index in [1.54, 1.807) is 24.3 Å². The molecule has 0 spiro atoms. The fraction of sp³-hybridized carbons (Fsp3) is 0.227. The van der Waals surface area contributed by atoms with Gasteiger partial charge in [0, 0.05) is 29.5 Å². The Hall–Kier alpha value is -2.24. The van der Waals surface area contributed by atoms with Crippen LogP contribution in [0, 0.1) is 5.82 Å². The minimum Gasteiger partial charge on any atom is -0.486 e. The van der Waals surface area contributed by atoms with Crippen LogP contribution in [0.25, 0.3) is 0 Å². The topological polar surface area (TPSA) is 29.5 Å². The zero-order valence-electron chi connectivity index (χ0n) is 15.3. The molecule has 2 aromatic rings. The van der Waals surface area contributed by atoms with Gasteiger partial charge in [-0.2, -0.15) is 0 Å². The number of ketones is 1. The molecule has 142 valence electrons. The summed E-state index contributed by atoms with van der Waals surface area (Å²) in [6, 6.07) is 11.8. The average Bonchev–Trinajstić information content (AvgIpc) is 2.63. The maximum atomic E-state index is 14.2. The number of ether oxygens (including phenoxy) is 1. The molecule has 0 fully saturated rings. The molecule has 0 saturated heterocycles. The molecule has 0 amide bonds. The lowest BCUT2D eigenvalue weighted by atomic mass is 10.0. The molecular formula is C22H23BrFNO2. The Kier molecular flexibility index (Phi) is 8.43. The number of carbonyl (C=O) groups is 1. The molecule has 0 saturated carbocycles. The number of rotatable bonds is 10. The molecule has 0 N–H and O–H groups in total. The lowest BCUT2D eigenvalue weighted by Crippen LogP contribution is -2.17. The van der Waals surface area contributed by atoms with E-state index < -0.39 is 5.82 Å². The molecule has 0 aromatic heterocycles. The van der Waals surface area contributed by atoms with Crippen molar-refractivity contribution in [1.29, 1.82) is 0 Å². The molecule has 2 rings (SSSR count). The average molecular weight is 432 g/mol. The largest absolute Gasteiger partial charge is 0.486 e. The number of benzene rings is 2. The molecular weight excluding hydrogens is 409 g/mol. The zero-order valence-corrected chi connectivity index (χ0v) is 16.9. The lowest BCUT2D eigenvalue weighted by Gasteiger charge is -2.10. The highest BCUT2D eigenvalue weighted by molar-refractivity contribution is 9.10. The number of Topliss-reactive ketones (excluding diaryl/α,β-unsaturated/α-hetero) is 1. The van der Waals surface area contributed by atoms with Crippen LogP contribution in [-0.2, 0) is 6.42 Å².